The summed E-state index contributed by atoms with van der Waals surface area (Å²) in [5, 5.41) is 0. The van der Waals surface area contributed by atoms with Gasteiger partial charge in [-0.25, -0.2) is 9.37 Å². The SMILES string of the molecule is COCc1cc(OC)ncc1F. The molecule has 0 N–H and O–H groups in total. The first-order chi connectivity index (χ1) is 5.77. The monoisotopic (exact) mass is 171 g/mol. The molecule has 66 valence electrons. The third kappa shape index (κ3) is 1.92. The van der Waals surface area contributed by atoms with Crippen LogP contribution in [0.4, 0.5) is 4.39 Å². The molecule has 0 aromatic carbocycles. The van der Waals surface area contributed by atoms with Gasteiger partial charge in [-0.05, 0) is 0 Å². The molecule has 1 heterocycles. The van der Waals surface area contributed by atoms with Gasteiger partial charge in [0.1, 0.15) is 5.82 Å². The predicted molar refractivity (Wildman–Crippen MR) is 41.5 cm³/mol. The number of hydrogen-bond acceptors (Lipinski definition) is 3. The van der Waals surface area contributed by atoms with Gasteiger partial charge in [0.25, 0.3) is 0 Å². The zero-order valence-corrected chi connectivity index (χ0v) is 7.00. The molecule has 3 nitrogen and oxygen atoms in total. The summed E-state index contributed by atoms with van der Waals surface area (Å²) in [6, 6.07) is 1.51. The van der Waals surface area contributed by atoms with Crippen molar-refractivity contribution in [3.8, 4) is 5.88 Å². The van der Waals surface area contributed by atoms with Gasteiger partial charge in [-0.2, -0.15) is 0 Å². The molecular formula is C8H10FNO2. The molecule has 0 aliphatic heterocycles. The minimum absolute atomic E-state index is 0.227. The molecule has 1 aromatic heterocycles. The van der Waals surface area contributed by atoms with Crippen molar-refractivity contribution in [2.75, 3.05) is 14.2 Å². The van der Waals surface area contributed by atoms with E-state index in [0.29, 0.717) is 11.4 Å². The second-order valence-corrected chi connectivity index (χ2v) is 2.25. The van der Waals surface area contributed by atoms with Crippen molar-refractivity contribution in [3.63, 3.8) is 0 Å². The number of aromatic nitrogens is 1. The van der Waals surface area contributed by atoms with Crippen LogP contribution in [-0.2, 0) is 11.3 Å². The molecule has 0 aliphatic rings. The molecule has 0 saturated carbocycles. The fourth-order valence-electron chi connectivity index (χ4n) is 0.836. The molecule has 1 aromatic rings. The quantitative estimate of drug-likeness (QED) is 0.688. The van der Waals surface area contributed by atoms with E-state index in [9.17, 15) is 4.39 Å². The highest BCUT2D eigenvalue weighted by atomic mass is 19.1. The van der Waals surface area contributed by atoms with Crippen LogP contribution in [0.25, 0.3) is 0 Å². The van der Waals surface area contributed by atoms with Crippen LogP contribution in [0.5, 0.6) is 5.88 Å². The maximum atomic E-state index is 12.9. The number of halogens is 1. The van der Waals surface area contributed by atoms with Gasteiger partial charge in [-0.1, -0.05) is 0 Å². The molecule has 0 radical (unpaired) electrons. The fourth-order valence-corrected chi connectivity index (χ4v) is 0.836. The molecule has 0 fully saturated rings. The molecule has 0 unspecified atom stereocenters. The lowest BCUT2D eigenvalue weighted by Gasteiger charge is -2.03. The number of rotatable bonds is 3. The van der Waals surface area contributed by atoms with Crippen molar-refractivity contribution in [2.45, 2.75) is 6.61 Å². The van der Waals surface area contributed by atoms with Crippen LogP contribution in [0, 0.1) is 5.82 Å². The summed E-state index contributed by atoms with van der Waals surface area (Å²) >= 11 is 0. The van der Waals surface area contributed by atoms with E-state index < -0.39 is 0 Å². The minimum atomic E-state index is -0.377. The molecule has 1 rings (SSSR count). The van der Waals surface area contributed by atoms with Crippen molar-refractivity contribution in [3.05, 3.63) is 23.6 Å². The van der Waals surface area contributed by atoms with E-state index in [1.54, 1.807) is 0 Å². The van der Waals surface area contributed by atoms with E-state index in [4.69, 9.17) is 9.47 Å². The van der Waals surface area contributed by atoms with Gasteiger partial charge < -0.3 is 9.47 Å². The van der Waals surface area contributed by atoms with Gasteiger partial charge in [0, 0.05) is 18.7 Å². The molecule has 0 saturated heterocycles. The molecule has 0 spiro atoms. The van der Waals surface area contributed by atoms with E-state index in [2.05, 4.69) is 4.98 Å². The Bertz CT molecular complexity index is 265. The standard InChI is InChI=1S/C8H10FNO2/c1-11-5-6-3-8(12-2)10-4-7(6)9/h3-4H,5H2,1-2H3. The number of methoxy groups -OCH3 is 2. The van der Waals surface area contributed by atoms with Crippen LogP contribution < -0.4 is 4.74 Å². The smallest absolute Gasteiger partial charge is 0.213 e. The van der Waals surface area contributed by atoms with Crippen LogP contribution in [0.1, 0.15) is 5.56 Å². The van der Waals surface area contributed by atoms with E-state index in [1.807, 2.05) is 0 Å². The molecular weight excluding hydrogens is 161 g/mol. The molecule has 0 bridgehead atoms. The number of hydrogen-bond donors (Lipinski definition) is 0. The average molecular weight is 171 g/mol. The van der Waals surface area contributed by atoms with Crippen molar-refractivity contribution < 1.29 is 13.9 Å². The van der Waals surface area contributed by atoms with E-state index >= 15 is 0 Å². The van der Waals surface area contributed by atoms with Crippen LogP contribution >= 0.6 is 0 Å². The van der Waals surface area contributed by atoms with Crippen LogP contribution in [0.2, 0.25) is 0 Å². The maximum absolute atomic E-state index is 12.9. The van der Waals surface area contributed by atoms with Crippen molar-refractivity contribution in [1.29, 1.82) is 0 Å². The van der Waals surface area contributed by atoms with Crippen LogP contribution in [-0.4, -0.2) is 19.2 Å². The number of nitrogens with zero attached hydrogens (tertiary/aromatic N) is 1. The summed E-state index contributed by atoms with van der Waals surface area (Å²) in [5.41, 5.74) is 0.448. The number of ether oxygens (including phenoxy) is 2. The fraction of sp³-hybridized carbons (Fsp3) is 0.375. The second-order valence-electron chi connectivity index (χ2n) is 2.25. The van der Waals surface area contributed by atoms with Gasteiger partial charge in [0.15, 0.2) is 0 Å². The normalized spacial score (nSPS) is 9.92. The first-order valence-corrected chi connectivity index (χ1v) is 3.45. The van der Waals surface area contributed by atoms with E-state index in [1.165, 1.54) is 20.3 Å². The summed E-state index contributed by atoms with van der Waals surface area (Å²) in [5.74, 6) is 0.0149. The van der Waals surface area contributed by atoms with Gasteiger partial charge in [0.2, 0.25) is 5.88 Å². The summed E-state index contributed by atoms with van der Waals surface area (Å²) in [6.07, 6.45) is 1.12. The maximum Gasteiger partial charge on any atom is 0.213 e. The highest BCUT2D eigenvalue weighted by Gasteiger charge is 2.03. The molecule has 0 aliphatic carbocycles. The molecule has 0 atom stereocenters. The van der Waals surface area contributed by atoms with Crippen molar-refractivity contribution in [1.82, 2.24) is 4.98 Å². The predicted octanol–water partition coefficient (Wildman–Crippen LogP) is 1.38. The largest absolute Gasteiger partial charge is 0.481 e. The van der Waals surface area contributed by atoms with E-state index in [-0.39, 0.29) is 12.4 Å². The molecule has 0 amide bonds. The molecule has 4 heteroatoms. The van der Waals surface area contributed by atoms with Gasteiger partial charge in [-0.15, -0.1) is 0 Å². The topological polar surface area (TPSA) is 31.4 Å². The number of pyridine rings is 1. The highest BCUT2D eigenvalue weighted by molar-refractivity contribution is 5.21. The van der Waals surface area contributed by atoms with Crippen LogP contribution in [0.15, 0.2) is 12.3 Å². The summed E-state index contributed by atoms with van der Waals surface area (Å²) < 4.78 is 22.5. The van der Waals surface area contributed by atoms with E-state index in [0.717, 1.165) is 6.20 Å². The van der Waals surface area contributed by atoms with Crippen molar-refractivity contribution in [2.24, 2.45) is 0 Å². The zero-order valence-electron chi connectivity index (χ0n) is 7.00. The zero-order chi connectivity index (χ0) is 8.97. The van der Waals surface area contributed by atoms with Gasteiger partial charge in [0.05, 0.1) is 19.9 Å². The Hall–Kier alpha value is -1.16. The lowest BCUT2D eigenvalue weighted by atomic mass is 10.3. The third-order valence-corrected chi connectivity index (χ3v) is 1.42. The Morgan fingerprint density at radius 2 is 2.25 bits per heavy atom. The summed E-state index contributed by atoms with van der Waals surface area (Å²) in [7, 11) is 2.99. The first kappa shape index (κ1) is 8.93. The lowest BCUT2D eigenvalue weighted by Crippen LogP contribution is -1.96. The summed E-state index contributed by atoms with van der Waals surface area (Å²) in [6.45, 7) is 0.227. The average Bonchev–Trinajstić information content (AvgIpc) is 2.09. The van der Waals surface area contributed by atoms with Gasteiger partial charge in [-0.3, -0.25) is 0 Å². The first-order valence-electron chi connectivity index (χ1n) is 3.45. The second kappa shape index (κ2) is 4.01. The highest BCUT2D eigenvalue weighted by Crippen LogP contribution is 2.13. The minimum Gasteiger partial charge on any atom is -0.481 e. The Morgan fingerprint density at radius 1 is 1.50 bits per heavy atom. The summed E-state index contributed by atoms with van der Waals surface area (Å²) in [4.78, 5) is 3.69. The van der Waals surface area contributed by atoms with Crippen molar-refractivity contribution >= 4 is 0 Å². The van der Waals surface area contributed by atoms with Gasteiger partial charge >= 0.3 is 0 Å². The lowest BCUT2D eigenvalue weighted by molar-refractivity contribution is 0.181. The Kier molecular flexibility index (Phi) is 2.99. The Morgan fingerprint density at radius 3 is 2.83 bits per heavy atom. The Labute approximate surface area is 70.1 Å². The third-order valence-electron chi connectivity index (χ3n) is 1.42. The molecule has 12 heavy (non-hydrogen) atoms. The Balaban J connectivity index is 2.91. The van der Waals surface area contributed by atoms with Crippen LogP contribution in [0.3, 0.4) is 0 Å².